The van der Waals surface area contributed by atoms with E-state index in [0.29, 0.717) is 17.2 Å². The van der Waals surface area contributed by atoms with Gasteiger partial charge in [0.15, 0.2) is 0 Å². The lowest BCUT2D eigenvalue weighted by Crippen LogP contribution is -2.41. The number of carbonyl (C=O) groups is 2. The maximum atomic E-state index is 12.2. The van der Waals surface area contributed by atoms with Crippen LogP contribution in [0.2, 0.25) is 0 Å². The molecule has 166 valence electrons. The molecule has 0 spiro atoms. The van der Waals surface area contributed by atoms with E-state index in [2.05, 4.69) is 28.1 Å². The predicted molar refractivity (Wildman–Crippen MR) is 125 cm³/mol. The van der Waals surface area contributed by atoms with Gasteiger partial charge >= 0.3 is 6.09 Å². The van der Waals surface area contributed by atoms with Crippen molar-refractivity contribution in [3.63, 3.8) is 0 Å². The van der Waals surface area contributed by atoms with Crippen molar-refractivity contribution in [2.24, 2.45) is 5.92 Å². The van der Waals surface area contributed by atoms with Crippen LogP contribution in [0.4, 0.5) is 4.79 Å². The number of carbonyl (C=O) groups excluding carboxylic acids is 2. The van der Waals surface area contributed by atoms with Crippen LogP contribution in [-0.4, -0.2) is 36.0 Å². The molecule has 1 aliphatic heterocycles. The lowest BCUT2D eigenvalue weighted by atomic mass is 9.90. The van der Waals surface area contributed by atoms with E-state index >= 15 is 0 Å². The van der Waals surface area contributed by atoms with Crippen LogP contribution in [0, 0.1) is 5.92 Å². The Morgan fingerprint density at radius 1 is 1.13 bits per heavy atom. The summed E-state index contributed by atoms with van der Waals surface area (Å²) in [4.78, 5) is 24.9. The molecular formula is C25H30BrNO4. The van der Waals surface area contributed by atoms with Gasteiger partial charge in [-0.25, -0.2) is 4.79 Å². The van der Waals surface area contributed by atoms with E-state index in [1.165, 1.54) is 5.56 Å². The molecule has 2 aromatic carbocycles. The molecule has 31 heavy (non-hydrogen) atoms. The van der Waals surface area contributed by atoms with Gasteiger partial charge in [-0.05, 0) is 104 Å². The van der Waals surface area contributed by atoms with Gasteiger partial charge in [0, 0.05) is 18.7 Å². The summed E-state index contributed by atoms with van der Waals surface area (Å²) in [7, 11) is 0. The van der Waals surface area contributed by atoms with Gasteiger partial charge in [0.2, 0.25) is 0 Å². The first-order chi connectivity index (χ1) is 14.7. The summed E-state index contributed by atoms with van der Waals surface area (Å²) >= 11 is 3.44. The Bertz CT molecular complexity index is 897. The van der Waals surface area contributed by atoms with Crippen LogP contribution >= 0.6 is 15.9 Å². The first-order valence-electron chi connectivity index (χ1n) is 10.7. The SMILES string of the molecule is CC(C)(C)OC(=O)N1CCC(CCc2ccc(Oc3ccc(C=O)cc3Br)cc2)CC1. The number of benzene rings is 2. The van der Waals surface area contributed by atoms with Gasteiger partial charge in [-0.1, -0.05) is 12.1 Å². The van der Waals surface area contributed by atoms with E-state index < -0.39 is 5.60 Å². The quantitative estimate of drug-likeness (QED) is 0.428. The highest BCUT2D eigenvalue weighted by molar-refractivity contribution is 9.10. The Labute approximate surface area is 192 Å². The number of likely N-dealkylation sites (tertiary alicyclic amines) is 1. The van der Waals surface area contributed by atoms with Crippen molar-refractivity contribution in [1.82, 2.24) is 4.90 Å². The number of piperidine rings is 1. The summed E-state index contributed by atoms with van der Waals surface area (Å²) in [6.45, 7) is 7.23. The highest BCUT2D eigenvalue weighted by Gasteiger charge is 2.26. The molecule has 1 saturated heterocycles. The monoisotopic (exact) mass is 487 g/mol. The summed E-state index contributed by atoms with van der Waals surface area (Å²) in [6.07, 6.45) is 4.77. The van der Waals surface area contributed by atoms with Gasteiger partial charge in [0.05, 0.1) is 4.47 Å². The second-order valence-electron chi connectivity index (χ2n) is 9.00. The number of halogens is 1. The summed E-state index contributed by atoms with van der Waals surface area (Å²) in [5, 5.41) is 0. The Morgan fingerprint density at radius 3 is 2.39 bits per heavy atom. The van der Waals surface area contributed by atoms with Crippen molar-refractivity contribution >= 4 is 28.3 Å². The molecule has 3 rings (SSSR count). The normalized spacial score (nSPS) is 14.9. The highest BCUT2D eigenvalue weighted by atomic mass is 79.9. The Hall–Kier alpha value is -2.34. The average molecular weight is 488 g/mol. The Kier molecular flexibility index (Phi) is 7.76. The van der Waals surface area contributed by atoms with Crippen LogP contribution in [0.25, 0.3) is 0 Å². The minimum absolute atomic E-state index is 0.200. The Morgan fingerprint density at radius 2 is 1.81 bits per heavy atom. The number of hydrogen-bond acceptors (Lipinski definition) is 4. The van der Waals surface area contributed by atoms with Crippen LogP contribution in [0.3, 0.4) is 0 Å². The zero-order valence-corrected chi connectivity index (χ0v) is 20.0. The highest BCUT2D eigenvalue weighted by Crippen LogP contribution is 2.31. The molecule has 6 heteroatoms. The third-order valence-electron chi connectivity index (χ3n) is 5.35. The van der Waals surface area contributed by atoms with Crippen LogP contribution in [0.15, 0.2) is 46.9 Å². The molecule has 0 radical (unpaired) electrons. The summed E-state index contributed by atoms with van der Waals surface area (Å²) in [5.74, 6) is 2.06. The van der Waals surface area contributed by atoms with Crippen molar-refractivity contribution < 1.29 is 19.1 Å². The molecule has 5 nitrogen and oxygen atoms in total. The van der Waals surface area contributed by atoms with Crippen LogP contribution in [0.5, 0.6) is 11.5 Å². The molecule has 0 N–H and O–H groups in total. The number of aryl methyl sites for hydroxylation is 1. The standard InChI is InChI=1S/C25H30BrNO4/c1-25(2,3)31-24(29)27-14-12-19(13-15-27)5-4-18-6-9-21(10-7-18)30-23-11-8-20(17-28)16-22(23)26/h6-11,16-17,19H,4-5,12-15H2,1-3H3. The molecule has 0 aliphatic carbocycles. The van der Waals surface area contributed by atoms with Gasteiger partial charge in [0.25, 0.3) is 0 Å². The van der Waals surface area contributed by atoms with E-state index in [-0.39, 0.29) is 6.09 Å². The van der Waals surface area contributed by atoms with Gasteiger partial charge < -0.3 is 14.4 Å². The number of aldehydes is 1. The molecule has 0 bridgehead atoms. The summed E-state index contributed by atoms with van der Waals surface area (Å²) in [6, 6.07) is 13.4. The number of amides is 1. The summed E-state index contributed by atoms with van der Waals surface area (Å²) in [5.41, 5.74) is 1.43. The third-order valence-corrected chi connectivity index (χ3v) is 5.97. The fourth-order valence-corrected chi connectivity index (χ4v) is 4.10. The van der Waals surface area contributed by atoms with Gasteiger partial charge in [-0.3, -0.25) is 4.79 Å². The van der Waals surface area contributed by atoms with Gasteiger partial charge in [0.1, 0.15) is 23.4 Å². The van der Waals surface area contributed by atoms with Crippen LogP contribution < -0.4 is 4.74 Å². The first kappa shape index (κ1) is 23.3. The number of hydrogen-bond donors (Lipinski definition) is 0. The largest absolute Gasteiger partial charge is 0.456 e. The molecular weight excluding hydrogens is 458 g/mol. The summed E-state index contributed by atoms with van der Waals surface area (Å²) < 4.78 is 12.1. The Balaban J connectivity index is 1.45. The maximum absolute atomic E-state index is 12.2. The van der Waals surface area contributed by atoms with E-state index in [9.17, 15) is 9.59 Å². The molecule has 1 amide bonds. The van der Waals surface area contributed by atoms with E-state index in [1.54, 1.807) is 18.2 Å². The van der Waals surface area contributed by atoms with Crippen LogP contribution in [0.1, 0.15) is 56.0 Å². The molecule has 2 aromatic rings. The van der Waals surface area contributed by atoms with E-state index in [0.717, 1.165) is 55.3 Å². The first-order valence-corrected chi connectivity index (χ1v) is 11.5. The molecule has 1 fully saturated rings. The van der Waals surface area contributed by atoms with Gasteiger partial charge in [-0.2, -0.15) is 0 Å². The molecule has 0 saturated carbocycles. The van der Waals surface area contributed by atoms with Crippen LogP contribution in [-0.2, 0) is 11.2 Å². The predicted octanol–water partition coefficient (Wildman–Crippen LogP) is 6.63. The minimum Gasteiger partial charge on any atom is -0.456 e. The second-order valence-corrected chi connectivity index (χ2v) is 9.86. The smallest absolute Gasteiger partial charge is 0.410 e. The maximum Gasteiger partial charge on any atom is 0.410 e. The van der Waals surface area contributed by atoms with Crippen molar-refractivity contribution in [3.05, 3.63) is 58.1 Å². The van der Waals surface area contributed by atoms with E-state index in [4.69, 9.17) is 9.47 Å². The lowest BCUT2D eigenvalue weighted by molar-refractivity contribution is 0.0181. The fraction of sp³-hybridized carbons (Fsp3) is 0.440. The number of ether oxygens (including phenoxy) is 2. The topological polar surface area (TPSA) is 55.8 Å². The molecule has 1 aliphatic rings. The average Bonchev–Trinajstić information content (AvgIpc) is 2.74. The van der Waals surface area contributed by atoms with Crippen molar-refractivity contribution in [2.45, 2.75) is 52.1 Å². The van der Waals surface area contributed by atoms with E-state index in [1.807, 2.05) is 37.8 Å². The minimum atomic E-state index is -0.446. The number of nitrogens with zero attached hydrogens (tertiary/aromatic N) is 1. The lowest BCUT2D eigenvalue weighted by Gasteiger charge is -2.33. The third kappa shape index (κ3) is 7.10. The fourth-order valence-electron chi connectivity index (χ4n) is 3.63. The van der Waals surface area contributed by atoms with Crippen molar-refractivity contribution in [3.8, 4) is 11.5 Å². The molecule has 0 atom stereocenters. The van der Waals surface area contributed by atoms with Crippen molar-refractivity contribution in [2.75, 3.05) is 13.1 Å². The zero-order chi connectivity index (χ0) is 22.4. The molecule has 0 unspecified atom stereocenters. The zero-order valence-electron chi connectivity index (χ0n) is 18.4. The van der Waals surface area contributed by atoms with Crippen molar-refractivity contribution in [1.29, 1.82) is 0 Å². The second kappa shape index (κ2) is 10.3. The number of rotatable bonds is 6. The molecule has 0 aromatic heterocycles. The van der Waals surface area contributed by atoms with Gasteiger partial charge in [-0.15, -0.1) is 0 Å². The molecule has 1 heterocycles.